The number of hydrogen-bond donors (Lipinski definition) is 0. The fourth-order valence-electron chi connectivity index (χ4n) is 2.61. The molecule has 2 rings (SSSR count). The Morgan fingerprint density at radius 2 is 2.12 bits per heavy atom. The van der Waals surface area contributed by atoms with Crippen LogP contribution in [0.3, 0.4) is 0 Å². The number of ketones is 1. The molecule has 0 amide bonds. The lowest BCUT2D eigenvalue weighted by Gasteiger charge is -2.31. The van der Waals surface area contributed by atoms with E-state index in [1.54, 1.807) is 0 Å². The number of carbonyl (C=O) groups is 1. The first kappa shape index (κ1) is 11.3. The zero-order valence-corrected chi connectivity index (χ0v) is 10.3. The fraction of sp³-hybridized carbons (Fsp3) is 0.571. The van der Waals surface area contributed by atoms with E-state index in [9.17, 15) is 4.79 Å². The summed E-state index contributed by atoms with van der Waals surface area (Å²) in [6.07, 6.45) is 4.75. The van der Waals surface area contributed by atoms with E-state index < -0.39 is 0 Å². The van der Waals surface area contributed by atoms with Gasteiger partial charge in [-0.25, -0.2) is 0 Å². The minimum atomic E-state index is 0.138. The molecule has 1 heterocycles. The Balaban J connectivity index is 2.38. The molecule has 16 heavy (non-hydrogen) atoms. The van der Waals surface area contributed by atoms with Gasteiger partial charge in [-0.15, -0.1) is 0 Å². The van der Waals surface area contributed by atoms with Gasteiger partial charge in [-0.1, -0.05) is 20.4 Å². The first-order chi connectivity index (χ1) is 7.43. The van der Waals surface area contributed by atoms with E-state index in [0.29, 0.717) is 0 Å². The van der Waals surface area contributed by atoms with Crippen molar-refractivity contribution in [2.24, 2.45) is 10.4 Å². The number of allylic oxidation sites excluding steroid dienone is 2. The molecule has 86 valence electrons. The van der Waals surface area contributed by atoms with Gasteiger partial charge in [0.1, 0.15) is 0 Å². The normalized spacial score (nSPS) is 29.1. The van der Waals surface area contributed by atoms with Crippen LogP contribution in [-0.4, -0.2) is 18.0 Å². The topological polar surface area (TPSA) is 29.4 Å². The predicted molar refractivity (Wildman–Crippen MR) is 66.8 cm³/mol. The number of carbonyl (C=O) groups excluding carboxylic acids is 1. The molecule has 0 aromatic rings. The molecule has 1 atom stereocenters. The summed E-state index contributed by atoms with van der Waals surface area (Å²) in [6.45, 7) is 10.2. The maximum Gasteiger partial charge on any atom is 0.184 e. The van der Waals surface area contributed by atoms with Gasteiger partial charge in [-0.2, -0.15) is 0 Å². The minimum absolute atomic E-state index is 0.138. The summed E-state index contributed by atoms with van der Waals surface area (Å²) in [6, 6.07) is 0.199. The van der Waals surface area contributed by atoms with Crippen molar-refractivity contribution in [1.82, 2.24) is 0 Å². The van der Waals surface area contributed by atoms with Crippen LogP contribution < -0.4 is 0 Å². The average Bonchev–Trinajstić information content (AvgIpc) is 2.55. The molecule has 0 radical (unpaired) electrons. The van der Waals surface area contributed by atoms with E-state index in [4.69, 9.17) is 0 Å². The molecule has 0 spiro atoms. The quantitative estimate of drug-likeness (QED) is 0.621. The molecule has 1 aliphatic carbocycles. The lowest BCUT2D eigenvalue weighted by Crippen LogP contribution is -2.29. The van der Waals surface area contributed by atoms with Crippen molar-refractivity contribution in [3.63, 3.8) is 0 Å². The van der Waals surface area contributed by atoms with Crippen molar-refractivity contribution in [2.75, 3.05) is 0 Å². The Morgan fingerprint density at radius 1 is 1.44 bits per heavy atom. The lowest BCUT2D eigenvalue weighted by atomic mass is 9.75. The van der Waals surface area contributed by atoms with E-state index in [-0.39, 0.29) is 17.2 Å². The second-order valence-corrected chi connectivity index (χ2v) is 5.51. The van der Waals surface area contributed by atoms with Gasteiger partial charge < -0.3 is 0 Å². The predicted octanol–water partition coefficient (Wildman–Crippen LogP) is 3.09. The van der Waals surface area contributed by atoms with Gasteiger partial charge in [0.25, 0.3) is 0 Å². The SMILES string of the molecule is C=C1CCC(C2N=CCC2(C)C)=C(C)C1=O. The van der Waals surface area contributed by atoms with Gasteiger partial charge in [0.2, 0.25) is 0 Å². The molecular weight excluding hydrogens is 198 g/mol. The van der Waals surface area contributed by atoms with Crippen molar-refractivity contribution >= 4 is 12.0 Å². The van der Waals surface area contributed by atoms with Gasteiger partial charge in [-0.3, -0.25) is 9.79 Å². The van der Waals surface area contributed by atoms with Crippen molar-refractivity contribution < 1.29 is 4.79 Å². The van der Waals surface area contributed by atoms with Crippen LogP contribution in [0.15, 0.2) is 28.3 Å². The van der Waals surface area contributed by atoms with Gasteiger partial charge in [0.15, 0.2) is 5.78 Å². The monoisotopic (exact) mass is 217 g/mol. The summed E-state index contributed by atoms with van der Waals surface area (Å²) in [7, 11) is 0. The summed E-state index contributed by atoms with van der Waals surface area (Å²) in [5, 5.41) is 0. The van der Waals surface area contributed by atoms with Crippen LogP contribution in [0, 0.1) is 5.41 Å². The van der Waals surface area contributed by atoms with Gasteiger partial charge in [0, 0.05) is 6.21 Å². The molecule has 0 aromatic carbocycles. The van der Waals surface area contributed by atoms with Gasteiger partial charge >= 0.3 is 0 Å². The van der Waals surface area contributed by atoms with Gasteiger partial charge in [0.05, 0.1) is 6.04 Å². The number of nitrogens with zero attached hydrogens (tertiary/aromatic N) is 1. The highest BCUT2D eigenvalue weighted by Gasteiger charge is 2.37. The maximum atomic E-state index is 11.9. The van der Waals surface area contributed by atoms with Crippen LogP contribution >= 0.6 is 0 Å². The zero-order valence-electron chi connectivity index (χ0n) is 10.3. The van der Waals surface area contributed by atoms with Crippen LogP contribution in [0.5, 0.6) is 0 Å². The third-order valence-electron chi connectivity index (χ3n) is 3.78. The third kappa shape index (κ3) is 1.66. The fourth-order valence-corrected chi connectivity index (χ4v) is 2.61. The molecule has 0 saturated heterocycles. The Hall–Kier alpha value is -1.18. The summed E-state index contributed by atoms with van der Waals surface area (Å²) >= 11 is 0. The Labute approximate surface area is 97.1 Å². The molecule has 0 fully saturated rings. The smallest absolute Gasteiger partial charge is 0.184 e. The molecule has 0 N–H and O–H groups in total. The van der Waals surface area contributed by atoms with Crippen LogP contribution in [-0.2, 0) is 4.79 Å². The highest BCUT2D eigenvalue weighted by atomic mass is 16.1. The van der Waals surface area contributed by atoms with E-state index in [2.05, 4.69) is 25.4 Å². The van der Waals surface area contributed by atoms with E-state index >= 15 is 0 Å². The summed E-state index contributed by atoms with van der Waals surface area (Å²) < 4.78 is 0. The molecule has 2 heteroatoms. The summed E-state index contributed by atoms with van der Waals surface area (Å²) in [4.78, 5) is 16.5. The first-order valence-electron chi connectivity index (χ1n) is 5.87. The van der Waals surface area contributed by atoms with Crippen molar-refractivity contribution in [1.29, 1.82) is 0 Å². The molecule has 0 bridgehead atoms. The van der Waals surface area contributed by atoms with Crippen LogP contribution in [0.1, 0.15) is 40.0 Å². The highest BCUT2D eigenvalue weighted by Crippen LogP contribution is 2.40. The zero-order chi connectivity index (χ0) is 11.9. The largest absolute Gasteiger partial charge is 0.289 e. The molecular formula is C14H19NO. The second-order valence-electron chi connectivity index (χ2n) is 5.51. The van der Waals surface area contributed by atoms with Crippen molar-refractivity contribution in [3.05, 3.63) is 23.3 Å². The molecule has 2 nitrogen and oxygen atoms in total. The maximum absolute atomic E-state index is 11.9. The standard InChI is InChI=1S/C14H19NO/c1-9-5-6-11(10(2)12(9)16)13-14(3,4)7-8-15-13/h8,13H,1,5-7H2,2-4H3. The average molecular weight is 217 g/mol. The first-order valence-corrected chi connectivity index (χ1v) is 5.87. The Bertz CT molecular complexity index is 412. The van der Waals surface area contributed by atoms with E-state index in [0.717, 1.165) is 30.4 Å². The number of rotatable bonds is 1. The van der Waals surface area contributed by atoms with Crippen LogP contribution in [0.2, 0.25) is 0 Å². The van der Waals surface area contributed by atoms with Crippen LogP contribution in [0.25, 0.3) is 0 Å². The van der Waals surface area contributed by atoms with Crippen LogP contribution in [0.4, 0.5) is 0 Å². The summed E-state index contributed by atoms with van der Waals surface area (Å²) in [5.74, 6) is 0.138. The number of Topliss-reactive ketones (excluding diaryl/α,β-unsaturated/α-hetero) is 1. The van der Waals surface area contributed by atoms with Crippen molar-refractivity contribution in [2.45, 2.75) is 46.1 Å². The molecule has 1 aliphatic heterocycles. The molecule has 2 aliphatic rings. The number of aliphatic imine (C=N–C) groups is 1. The Morgan fingerprint density at radius 3 is 2.69 bits per heavy atom. The Kier molecular flexibility index (Phi) is 2.61. The lowest BCUT2D eigenvalue weighted by molar-refractivity contribution is -0.112. The second kappa shape index (κ2) is 3.69. The number of hydrogen-bond acceptors (Lipinski definition) is 2. The molecule has 1 unspecified atom stereocenters. The third-order valence-corrected chi connectivity index (χ3v) is 3.78. The summed E-state index contributed by atoms with van der Waals surface area (Å²) in [5.41, 5.74) is 3.03. The highest BCUT2D eigenvalue weighted by molar-refractivity contribution is 6.09. The molecule has 0 saturated carbocycles. The van der Waals surface area contributed by atoms with E-state index in [1.165, 1.54) is 5.57 Å². The minimum Gasteiger partial charge on any atom is -0.289 e. The van der Waals surface area contributed by atoms with Gasteiger partial charge in [-0.05, 0) is 48.3 Å². The van der Waals surface area contributed by atoms with E-state index in [1.807, 2.05) is 13.1 Å². The van der Waals surface area contributed by atoms with Crippen molar-refractivity contribution in [3.8, 4) is 0 Å². The molecule has 0 aromatic heterocycles.